The lowest BCUT2D eigenvalue weighted by Gasteiger charge is -2.06. The van der Waals surface area contributed by atoms with E-state index in [0.717, 1.165) is 11.1 Å². The zero-order valence-electron chi connectivity index (χ0n) is 15.9. The van der Waals surface area contributed by atoms with Crippen molar-refractivity contribution in [2.75, 3.05) is 0 Å². The van der Waals surface area contributed by atoms with E-state index in [2.05, 4.69) is 9.97 Å². The molecule has 1 aromatic heterocycles. The Balaban J connectivity index is 1.73. The topological polar surface area (TPSA) is 124 Å². The zero-order chi connectivity index (χ0) is 21.8. The number of phenols is 2. The fourth-order valence-corrected chi connectivity index (χ4v) is 4.48. The number of nitrogens with one attached hydrogen (secondary N) is 1. The molecule has 0 fully saturated rings. The highest BCUT2D eigenvalue weighted by Gasteiger charge is 2.21. The fraction of sp³-hybridized carbons (Fsp3) is 0. The van der Waals surface area contributed by atoms with E-state index in [1.807, 2.05) is 36.4 Å². The molecule has 1 heterocycles. The minimum atomic E-state index is -4.55. The number of aromatic amines is 1. The number of imidazole rings is 1. The number of aromatic nitrogens is 2. The molecule has 0 amide bonds. The molecule has 154 valence electrons. The molecule has 0 aliphatic heterocycles. The fourth-order valence-electron chi connectivity index (χ4n) is 3.77. The molecule has 5 aromatic rings. The molecule has 0 bridgehead atoms. The van der Waals surface area contributed by atoms with E-state index in [1.54, 1.807) is 12.1 Å². The van der Waals surface area contributed by atoms with Gasteiger partial charge in [-0.25, -0.2) is 4.98 Å². The highest BCUT2D eigenvalue weighted by atomic mass is 32.2. The number of aromatic hydroxyl groups is 2. The first kappa shape index (κ1) is 19.1. The third-order valence-corrected chi connectivity index (χ3v) is 6.08. The van der Waals surface area contributed by atoms with Crippen molar-refractivity contribution in [3.05, 3.63) is 72.8 Å². The minimum Gasteiger partial charge on any atom is -0.507 e. The number of nitrogens with zero attached hydrogens (tertiary/aromatic N) is 1. The molecule has 0 unspecified atom stereocenters. The Kier molecular flexibility index (Phi) is 4.21. The predicted molar refractivity (Wildman–Crippen MR) is 118 cm³/mol. The Labute approximate surface area is 177 Å². The van der Waals surface area contributed by atoms with Crippen LogP contribution in [0.25, 0.3) is 44.3 Å². The minimum absolute atomic E-state index is 0.0102. The van der Waals surface area contributed by atoms with Crippen LogP contribution in [0.1, 0.15) is 0 Å². The molecule has 8 heteroatoms. The summed E-state index contributed by atoms with van der Waals surface area (Å²) < 4.78 is 33.5. The summed E-state index contributed by atoms with van der Waals surface area (Å²) in [7, 11) is -4.55. The normalized spacial score (nSPS) is 11.9. The van der Waals surface area contributed by atoms with Gasteiger partial charge in [-0.2, -0.15) is 8.42 Å². The van der Waals surface area contributed by atoms with Crippen LogP contribution in [0, 0.1) is 0 Å². The number of phenolic OH excluding ortho intramolecular Hbond substituents is 2. The van der Waals surface area contributed by atoms with Crippen LogP contribution in [0.5, 0.6) is 11.5 Å². The second-order valence-electron chi connectivity index (χ2n) is 7.13. The summed E-state index contributed by atoms with van der Waals surface area (Å²) in [6, 6.07) is 20.4. The average molecular weight is 432 g/mol. The van der Waals surface area contributed by atoms with Gasteiger partial charge in [0.15, 0.2) is 0 Å². The van der Waals surface area contributed by atoms with Gasteiger partial charge in [0.1, 0.15) is 27.7 Å². The van der Waals surface area contributed by atoms with Crippen molar-refractivity contribution in [2.45, 2.75) is 4.90 Å². The smallest absolute Gasteiger partial charge is 0.295 e. The van der Waals surface area contributed by atoms with Crippen LogP contribution in [0.2, 0.25) is 0 Å². The Morgan fingerprint density at radius 1 is 0.806 bits per heavy atom. The second-order valence-corrected chi connectivity index (χ2v) is 8.52. The monoisotopic (exact) mass is 432 g/mol. The maximum absolute atomic E-state index is 11.9. The third-order valence-electron chi connectivity index (χ3n) is 5.19. The molecule has 7 nitrogen and oxygen atoms in total. The average Bonchev–Trinajstić information content (AvgIpc) is 3.17. The van der Waals surface area contributed by atoms with Gasteiger partial charge < -0.3 is 15.2 Å². The molecule has 0 radical (unpaired) electrons. The summed E-state index contributed by atoms with van der Waals surface area (Å²) in [6.45, 7) is 0. The lowest BCUT2D eigenvalue weighted by Crippen LogP contribution is -1.99. The van der Waals surface area contributed by atoms with Gasteiger partial charge in [0.2, 0.25) is 0 Å². The standard InChI is InChI=1S/C23H16N2O5S/c26-18-8-4-7-16-20(31(28,29)30)12-17-22(21(16)18)25-23(24-17)15-10-9-14(11-19(15)27)13-5-2-1-3-6-13/h1-12,26-27H,(H,24,25)(H,28,29,30). The summed E-state index contributed by atoms with van der Waals surface area (Å²) >= 11 is 0. The van der Waals surface area contributed by atoms with Crippen LogP contribution in [-0.4, -0.2) is 33.2 Å². The number of H-pyrrole nitrogens is 1. The van der Waals surface area contributed by atoms with Crippen LogP contribution in [0.3, 0.4) is 0 Å². The van der Waals surface area contributed by atoms with Gasteiger partial charge in [0.05, 0.1) is 16.5 Å². The summed E-state index contributed by atoms with van der Waals surface area (Å²) in [5.74, 6) is 0.114. The number of hydrogen-bond donors (Lipinski definition) is 4. The maximum atomic E-state index is 11.9. The van der Waals surface area contributed by atoms with Crippen LogP contribution in [-0.2, 0) is 10.1 Å². The first-order valence-electron chi connectivity index (χ1n) is 9.33. The largest absolute Gasteiger partial charge is 0.507 e. The van der Waals surface area contributed by atoms with Gasteiger partial charge in [-0.15, -0.1) is 0 Å². The highest BCUT2D eigenvalue weighted by molar-refractivity contribution is 7.86. The Morgan fingerprint density at radius 2 is 1.58 bits per heavy atom. The van der Waals surface area contributed by atoms with Gasteiger partial charge in [-0.3, -0.25) is 4.55 Å². The summed E-state index contributed by atoms with van der Waals surface area (Å²) in [5, 5.41) is 21.4. The van der Waals surface area contributed by atoms with E-state index >= 15 is 0 Å². The van der Waals surface area contributed by atoms with Crippen molar-refractivity contribution in [3.63, 3.8) is 0 Å². The number of hydrogen-bond acceptors (Lipinski definition) is 5. The molecule has 4 aromatic carbocycles. The van der Waals surface area contributed by atoms with E-state index in [1.165, 1.54) is 24.3 Å². The molecule has 31 heavy (non-hydrogen) atoms. The second kappa shape index (κ2) is 6.83. The van der Waals surface area contributed by atoms with Crippen molar-refractivity contribution in [1.29, 1.82) is 0 Å². The summed E-state index contributed by atoms with van der Waals surface area (Å²) in [4.78, 5) is 7.15. The van der Waals surface area contributed by atoms with Crippen LogP contribution >= 0.6 is 0 Å². The van der Waals surface area contributed by atoms with Crippen LogP contribution in [0.4, 0.5) is 0 Å². The first-order chi connectivity index (χ1) is 14.8. The SMILES string of the molecule is O=S(=O)(O)c1cc2[nH]c(-c3ccc(-c4ccccc4)cc3O)nc2c2c(O)cccc12. The zero-order valence-corrected chi connectivity index (χ0v) is 16.8. The number of benzene rings is 4. The number of fused-ring (bicyclic) bond motifs is 3. The third kappa shape index (κ3) is 3.18. The molecule has 0 aliphatic rings. The summed E-state index contributed by atoms with van der Waals surface area (Å²) in [6.07, 6.45) is 0. The molecule has 0 spiro atoms. The Bertz CT molecular complexity index is 1570. The van der Waals surface area contributed by atoms with Crippen molar-refractivity contribution in [1.82, 2.24) is 9.97 Å². The lowest BCUT2D eigenvalue weighted by molar-refractivity contribution is 0.477. The molecule has 0 saturated heterocycles. The molecule has 4 N–H and O–H groups in total. The Hall–Kier alpha value is -3.88. The van der Waals surface area contributed by atoms with Gasteiger partial charge in [0.25, 0.3) is 10.1 Å². The van der Waals surface area contributed by atoms with Gasteiger partial charge in [-0.05, 0) is 35.4 Å². The van der Waals surface area contributed by atoms with E-state index in [9.17, 15) is 23.2 Å². The molecule has 5 rings (SSSR count). The molecular weight excluding hydrogens is 416 g/mol. The number of rotatable bonds is 3. The van der Waals surface area contributed by atoms with E-state index < -0.39 is 10.1 Å². The van der Waals surface area contributed by atoms with Crippen molar-refractivity contribution in [2.24, 2.45) is 0 Å². The van der Waals surface area contributed by atoms with Gasteiger partial charge >= 0.3 is 0 Å². The highest BCUT2D eigenvalue weighted by Crippen LogP contribution is 2.38. The maximum Gasteiger partial charge on any atom is 0.295 e. The molecular formula is C23H16N2O5S. The summed E-state index contributed by atoms with van der Waals surface area (Å²) in [5.41, 5.74) is 2.80. The van der Waals surface area contributed by atoms with E-state index in [4.69, 9.17) is 0 Å². The Morgan fingerprint density at radius 3 is 2.29 bits per heavy atom. The quantitative estimate of drug-likeness (QED) is 0.306. The van der Waals surface area contributed by atoms with Gasteiger partial charge in [-0.1, -0.05) is 48.5 Å². The predicted octanol–water partition coefficient (Wildman–Crippen LogP) is 4.71. The van der Waals surface area contributed by atoms with E-state index in [-0.39, 0.29) is 27.2 Å². The van der Waals surface area contributed by atoms with E-state index in [0.29, 0.717) is 22.4 Å². The van der Waals surface area contributed by atoms with Crippen molar-refractivity contribution >= 4 is 31.9 Å². The molecule has 0 atom stereocenters. The molecule has 0 aliphatic carbocycles. The first-order valence-corrected chi connectivity index (χ1v) is 10.8. The van der Waals surface area contributed by atoms with Crippen LogP contribution < -0.4 is 0 Å². The van der Waals surface area contributed by atoms with Crippen molar-refractivity contribution in [3.8, 4) is 34.0 Å². The van der Waals surface area contributed by atoms with Crippen LogP contribution in [0.15, 0.2) is 77.7 Å². The van der Waals surface area contributed by atoms with Gasteiger partial charge in [0, 0.05) is 5.39 Å². The van der Waals surface area contributed by atoms with Crippen molar-refractivity contribution < 1.29 is 23.2 Å². The lowest BCUT2D eigenvalue weighted by atomic mass is 10.0. The molecule has 0 saturated carbocycles.